The summed E-state index contributed by atoms with van der Waals surface area (Å²) in [5.41, 5.74) is 1.29. The Bertz CT molecular complexity index is 780. The molecule has 5 nitrogen and oxygen atoms in total. The van der Waals surface area contributed by atoms with E-state index in [1.54, 1.807) is 0 Å². The van der Waals surface area contributed by atoms with E-state index in [0.29, 0.717) is 16.5 Å². The molecule has 0 radical (unpaired) electrons. The molecule has 0 aromatic carbocycles. The highest BCUT2D eigenvalue weighted by molar-refractivity contribution is 7.17. The second kappa shape index (κ2) is 6.51. The van der Waals surface area contributed by atoms with E-state index in [2.05, 4.69) is 20.2 Å². The van der Waals surface area contributed by atoms with Crippen molar-refractivity contribution in [2.24, 2.45) is 0 Å². The molecule has 0 saturated carbocycles. The fourth-order valence-corrected chi connectivity index (χ4v) is 3.49. The number of thiophene rings is 2. The van der Waals surface area contributed by atoms with E-state index in [0.717, 1.165) is 23.3 Å². The number of nitrogens with one attached hydrogen (secondary N) is 1. The second-order valence-corrected chi connectivity index (χ2v) is 6.93. The van der Waals surface area contributed by atoms with Crippen LogP contribution in [0.2, 0.25) is 0 Å². The summed E-state index contributed by atoms with van der Waals surface area (Å²) in [6, 6.07) is 5.62. The topological polar surface area (TPSA) is 58.1 Å². The van der Waals surface area contributed by atoms with Crippen molar-refractivity contribution >= 4 is 44.6 Å². The minimum absolute atomic E-state index is 0.0412. The number of ketones is 1. The Morgan fingerprint density at radius 2 is 2.09 bits per heavy atom. The highest BCUT2D eigenvalue weighted by Gasteiger charge is 2.18. The summed E-state index contributed by atoms with van der Waals surface area (Å²) in [4.78, 5) is 24.4. The van der Waals surface area contributed by atoms with E-state index in [1.807, 2.05) is 43.1 Å². The SMILES string of the molecule is CN(C)CCNc1nc(C(=O)c2cccs2)c2sccc2n1. The molecular formula is C15H16N4OS2. The lowest BCUT2D eigenvalue weighted by molar-refractivity contribution is 0.104. The number of likely N-dealkylation sites (N-methyl/N-ethyl adjacent to an activating group) is 1. The van der Waals surface area contributed by atoms with Crippen molar-refractivity contribution in [1.82, 2.24) is 14.9 Å². The molecule has 0 fully saturated rings. The maximum atomic E-state index is 12.6. The van der Waals surface area contributed by atoms with Gasteiger partial charge in [0.2, 0.25) is 11.7 Å². The van der Waals surface area contributed by atoms with Crippen LogP contribution < -0.4 is 5.32 Å². The minimum atomic E-state index is -0.0412. The fraction of sp³-hybridized carbons (Fsp3) is 0.267. The van der Waals surface area contributed by atoms with E-state index in [1.165, 1.54) is 22.7 Å². The number of hydrogen-bond acceptors (Lipinski definition) is 7. The van der Waals surface area contributed by atoms with Crippen LogP contribution in [0, 0.1) is 0 Å². The summed E-state index contributed by atoms with van der Waals surface area (Å²) in [7, 11) is 4.02. The normalized spacial score (nSPS) is 11.2. The van der Waals surface area contributed by atoms with Crippen molar-refractivity contribution in [2.75, 3.05) is 32.5 Å². The minimum Gasteiger partial charge on any atom is -0.353 e. The Balaban J connectivity index is 1.94. The first-order chi connectivity index (χ1) is 10.6. The van der Waals surface area contributed by atoms with Crippen molar-refractivity contribution in [2.45, 2.75) is 0 Å². The molecule has 1 N–H and O–H groups in total. The third kappa shape index (κ3) is 3.16. The Morgan fingerprint density at radius 1 is 1.23 bits per heavy atom. The third-order valence-corrected chi connectivity index (χ3v) is 4.88. The van der Waals surface area contributed by atoms with Crippen molar-refractivity contribution < 1.29 is 4.79 Å². The summed E-state index contributed by atoms with van der Waals surface area (Å²) in [6.45, 7) is 1.61. The molecule has 0 aliphatic carbocycles. The van der Waals surface area contributed by atoms with Gasteiger partial charge in [0.25, 0.3) is 0 Å². The number of carbonyl (C=O) groups excluding carboxylic acids is 1. The van der Waals surface area contributed by atoms with E-state index in [-0.39, 0.29) is 5.78 Å². The van der Waals surface area contributed by atoms with Gasteiger partial charge in [-0.25, -0.2) is 9.97 Å². The summed E-state index contributed by atoms with van der Waals surface area (Å²) >= 11 is 2.93. The van der Waals surface area contributed by atoms with Gasteiger partial charge in [-0.1, -0.05) is 6.07 Å². The highest BCUT2D eigenvalue weighted by atomic mass is 32.1. The quantitative estimate of drug-likeness (QED) is 0.703. The molecule has 22 heavy (non-hydrogen) atoms. The molecule has 3 aromatic rings. The van der Waals surface area contributed by atoms with Gasteiger partial charge < -0.3 is 10.2 Å². The molecule has 114 valence electrons. The molecule has 0 aliphatic heterocycles. The van der Waals surface area contributed by atoms with Crippen LogP contribution in [0.15, 0.2) is 29.0 Å². The van der Waals surface area contributed by atoms with E-state index in [9.17, 15) is 4.79 Å². The molecule has 0 amide bonds. The lowest BCUT2D eigenvalue weighted by Crippen LogP contribution is -2.21. The lowest BCUT2D eigenvalue weighted by Gasteiger charge is -2.11. The largest absolute Gasteiger partial charge is 0.353 e. The number of aromatic nitrogens is 2. The first-order valence-electron chi connectivity index (χ1n) is 6.87. The van der Waals surface area contributed by atoms with Gasteiger partial charge in [-0.3, -0.25) is 4.79 Å². The number of rotatable bonds is 6. The zero-order valence-electron chi connectivity index (χ0n) is 12.4. The monoisotopic (exact) mass is 332 g/mol. The third-order valence-electron chi connectivity index (χ3n) is 3.11. The van der Waals surface area contributed by atoms with Crippen LogP contribution >= 0.6 is 22.7 Å². The predicted molar refractivity (Wildman–Crippen MR) is 92.2 cm³/mol. The van der Waals surface area contributed by atoms with Gasteiger partial charge in [0.15, 0.2) is 0 Å². The molecule has 0 saturated heterocycles. The molecule has 3 rings (SSSR count). The molecule has 0 spiro atoms. The first-order valence-corrected chi connectivity index (χ1v) is 8.63. The van der Waals surface area contributed by atoms with Crippen LogP contribution in [0.1, 0.15) is 15.4 Å². The van der Waals surface area contributed by atoms with Gasteiger partial charge in [0.1, 0.15) is 5.69 Å². The summed E-state index contributed by atoms with van der Waals surface area (Å²) < 4.78 is 0.844. The Labute approximate surface area is 136 Å². The average molecular weight is 332 g/mol. The first kappa shape index (κ1) is 15.1. The molecule has 0 unspecified atom stereocenters. The number of fused-ring (bicyclic) bond motifs is 1. The van der Waals surface area contributed by atoms with Gasteiger partial charge in [-0.2, -0.15) is 0 Å². The maximum absolute atomic E-state index is 12.6. The molecule has 3 aromatic heterocycles. The highest BCUT2D eigenvalue weighted by Crippen LogP contribution is 2.26. The Hall–Kier alpha value is -1.83. The van der Waals surface area contributed by atoms with Gasteiger partial charge in [0, 0.05) is 13.1 Å². The molecule has 0 aliphatic rings. The van der Waals surface area contributed by atoms with Gasteiger partial charge >= 0.3 is 0 Å². The van der Waals surface area contributed by atoms with Gasteiger partial charge in [0.05, 0.1) is 15.1 Å². The Kier molecular flexibility index (Phi) is 4.47. The smallest absolute Gasteiger partial charge is 0.224 e. The molecule has 7 heteroatoms. The van der Waals surface area contributed by atoms with Crippen LogP contribution in [-0.4, -0.2) is 47.8 Å². The number of nitrogens with zero attached hydrogens (tertiary/aromatic N) is 3. The zero-order valence-corrected chi connectivity index (χ0v) is 14.0. The maximum Gasteiger partial charge on any atom is 0.224 e. The average Bonchev–Trinajstić information content (AvgIpc) is 3.16. The number of anilines is 1. The molecular weight excluding hydrogens is 316 g/mol. The summed E-state index contributed by atoms with van der Waals surface area (Å²) in [5.74, 6) is 0.466. The number of hydrogen-bond donors (Lipinski definition) is 1. The van der Waals surface area contributed by atoms with Crippen LogP contribution in [-0.2, 0) is 0 Å². The van der Waals surface area contributed by atoms with E-state index < -0.39 is 0 Å². The van der Waals surface area contributed by atoms with Crippen molar-refractivity contribution in [3.63, 3.8) is 0 Å². The Morgan fingerprint density at radius 3 is 2.82 bits per heavy atom. The zero-order chi connectivity index (χ0) is 15.5. The van der Waals surface area contributed by atoms with Crippen molar-refractivity contribution in [1.29, 1.82) is 0 Å². The van der Waals surface area contributed by atoms with E-state index in [4.69, 9.17) is 0 Å². The summed E-state index contributed by atoms with van der Waals surface area (Å²) in [6.07, 6.45) is 0. The predicted octanol–water partition coefficient (Wildman–Crippen LogP) is 2.96. The molecule has 0 atom stereocenters. The van der Waals surface area contributed by atoms with Crippen molar-refractivity contribution in [3.05, 3.63) is 39.5 Å². The van der Waals surface area contributed by atoms with Gasteiger partial charge in [-0.05, 0) is 37.0 Å². The van der Waals surface area contributed by atoms with Gasteiger partial charge in [-0.15, -0.1) is 22.7 Å². The lowest BCUT2D eigenvalue weighted by atomic mass is 10.2. The van der Waals surface area contributed by atoms with Crippen LogP contribution in [0.25, 0.3) is 10.2 Å². The van der Waals surface area contributed by atoms with E-state index >= 15 is 0 Å². The van der Waals surface area contributed by atoms with Crippen LogP contribution in [0.3, 0.4) is 0 Å². The molecule has 3 heterocycles. The summed E-state index contributed by atoms with van der Waals surface area (Å²) in [5, 5.41) is 7.03. The fourth-order valence-electron chi connectivity index (χ4n) is 2.01. The van der Waals surface area contributed by atoms with Crippen molar-refractivity contribution in [3.8, 4) is 0 Å². The molecule has 0 bridgehead atoms. The second-order valence-electron chi connectivity index (χ2n) is 5.07. The standard InChI is InChI=1S/C15H16N4OS2/c1-19(2)7-6-16-15-17-10-5-9-22-14(10)12(18-15)13(20)11-4-3-8-21-11/h3-5,8-9H,6-7H2,1-2H3,(H,16,17,18). The number of carbonyl (C=O) groups is 1. The van der Waals surface area contributed by atoms with Crippen LogP contribution in [0.4, 0.5) is 5.95 Å². The van der Waals surface area contributed by atoms with Crippen LogP contribution in [0.5, 0.6) is 0 Å².